The number of fused-ring (bicyclic) bond motifs is 1. The van der Waals surface area contributed by atoms with Crippen molar-refractivity contribution in [2.24, 2.45) is 0 Å². The van der Waals surface area contributed by atoms with E-state index in [4.69, 9.17) is 15.0 Å². The third-order valence-corrected chi connectivity index (χ3v) is 10.5. The first kappa shape index (κ1) is 30.8. The predicted octanol–water partition coefficient (Wildman–Crippen LogP) is 3.20. The molecule has 5 heterocycles. The SMILES string of the molecule is CCc1nnn([C@H]2C[C@@H](n3cnc4c(NCC(c5ccccc5)c5ccccc5)nc(N5CC[C@@H](N6CCCC6)C5)nc43)[C@H](O)[C@@H]2O)n1. The van der Waals surface area contributed by atoms with Crippen LogP contribution in [0.5, 0.6) is 0 Å². The molecule has 250 valence electrons. The van der Waals surface area contributed by atoms with E-state index in [0.717, 1.165) is 32.6 Å². The van der Waals surface area contributed by atoms with Crippen LogP contribution in [-0.4, -0.2) is 106 Å². The smallest absolute Gasteiger partial charge is 0.229 e. The number of anilines is 2. The summed E-state index contributed by atoms with van der Waals surface area (Å²) in [6.45, 7) is 6.62. The zero-order valence-corrected chi connectivity index (χ0v) is 27.3. The number of hydrogen-bond donors (Lipinski definition) is 3. The van der Waals surface area contributed by atoms with Gasteiger partial charge in [0.2, 0.25) is 5.95 Å². The topological polar surface area (TPSA) is 146 Å². The minimum absolute atomic E-state index is 0.0880. The first-order valence-electron chi connectivity index (χ1n) is 17.3. The number of aromatic nitrogens is 8. The summed E-state index contributed by atoms with van der Waals surface area (Å²) in [5.41, 5.74) is 3.68. The van der Waals surface area contributed by atoms with Gasteiger partial charge in [-0.2, -0.15) is 14.8 Å². The van der Waals surface area contributed by atoms with Crippen LogP contribution in [0, 0.1) is 0 Å². The Morgan fingerprint density at radius 1 is 0.896 bits per heavy atom. The molecule has 0 radical (unpaired) electrons. The van der Waals surface area contributed by atoms with E-state index in [1.165, 1.54) is 28.8 Å². The highest BCUT2D eigenvalue weighted by Crippen LogP contribution is 2.40. The number of aryl methyl sites for hydroxylation is 1. The van der Waals surface area contributed by atoms with E-state index in [2.05, 4.69) is 79.1 Å². The van der Waals surface area contributed by atoms with Crippen molar-refractivity contribution in [1.29, 1.82) is 0 Å². The molecule has 5 aromatic rings. The van der Waals surface area contributed by atoms with E-state index in [9.17, 15) is 10.2 Å². The number of aliphatic hydroxyl groups excluding tert-OH is 2. The number of rotatable bonds is 10. The Kier molecular flexibility index (Phi) is 8.49. The van der Waals surface area contributed by atoms with Gasteiger partial charge in [-0.1, -0.05) is 67.6 Å². The van der Waals surface area contributed by atoms with Gasteiger partial charge in [0.05, 0.1) is 12.4 Å². The fourth-order valence-electron chi connectivity index (χ4n) is 7.77. The predicted molar refractivity (Wildman–Crippen MR) is 182 cm³/mol. The van der Waals surface area contributed by atoms with Crippen LogP contribution >= 0.6 is 0 Å². The van der Waals surface area contributed by atoms with Crippen LogP contribution in [0.2, 0.25) is 0 Å². The van der Waals surface area contributed by atoms with Gasteiger partial charge in [0, 0.05) is 38.0 Å². The number of tetrazole rings is 1. The molecular formula is C35H43N11O2. The molecule has 5 atom stereocenters. The monoisotopic (exact) mass is 649 g/mol. The summed E-state index contributed by atoms with van der Waals surface area (Å²) in [4.78, 5) is 21.4. The molecule has 3 aliphatic rings. The van der Waals surface area contributed by atoms with Gasteiger partial charge in [0.1, 0.15) is 18.2 Å². The molecule has 3 aromatic heterocycles. The van der Waals surface area contributed by atoms with Crippen LogP contribution < -0.4 is 10.2 Å². The highest BCUT2D eigenvalue weighted by Gasteiger charge is 2.45. The van der Waals surface area contributed by atoms with Gasteiger partial charge < -0.3 is 25.0 Å². The second kappa shape index (κ2) is 13.2. The third kappa shape index (κ3) is 5.80. The van der Waals surface area contributed by atoms with Crippen molar-refractivity contribution in [2.75, 3.05) is 42.9 Å². The first-order valence-corrected chi connectivity index (χ1v) is 17.3. The molecule has 8 rings (SSSR count). The Labute approximate surface area is 279 Å². The fraction of sp³-hybridized carbons (Fsp3) is 0.486. The van der Waals surface area contributed by atoms with Crippen molar-refractivity contribution in [3.63, 3.8) is 0 Å². The van der Waals surface area contributed by atoms with Gasteiger partial charge in [0.15, 0.2) is 22.8 Å². The van der Waals surface area contributed by atoms with Crippen molar-refractivity contribution in [2.45, 2.75) is 75.3 Å². The molecule has 0 bridgehead atoms. The van der Waals surface area contributed by atoms with E-state index in [0.29, 0.717) is 54.2 Å². The van der Waals surface area contributed by atoms with Gasteiger partial charge in [-0.05, 0) is 55.1 Å². The zero-order chi connectivity index (χ0) is 32.6. The van der Waals surface area contributed by atoms with Crippen molar-refractivity contribution < 1.29 is 10.2 Å². The molecule has 3 N–H and O–H groups in total. The van der Waals surface area contributed by atoms with Gasteiger partial charge in [0.25, 0.3) is 0 Å². The molecule has 3 fully saturated rings. The van der Waals surface area contributed by atoms with Crippen molar-refractivity contribution >= 4 is 22.9 Å². The largest absolute Gasteiger partial charge is 0.388 e. The van der Waals surface area contributed by atoms with Gasteiger partial charge in [-0.15, -0.1) is 10.2 Å². The second-order valence-corrected chi connectivity index (χ2v) is 13.3. The van der Waals surface area contributed by atoms with Gasteiger partial charge in [-0.3, -0.25) is 4.90 Å². The summed E-state index contributed by atoms with van der Waals surface area (Å²) in [5, 5.41) is 38.9. The lowest BCUT2D eigenvalue weighted by atomic mass is 9.91. The maximum atomic E-state index is 11.4. The van der Waals surface area contributed by atoms with E-state index >= 15 is 0 Å². The summed E-state index contributed by atoms with van der Waals surface area (Å²) < 4.78 is 1.90. The van der Waals surface area contributed by atoms with Crippen molar-refractivity contribution in [1.82, 2.24) is 44.6 Å². The maximum absolute atomic E-state index is 11.4. The van der Waals surface area contributed by atoms with Crippen LogP contribution in [0.3, 0.4) is 0 Å². The molecule has 0 spiro atoms. The Hall–Kier alpha value is -4.46. The third-order valence-electron chi connectivity index (χ3n) is 10.5. The minimum Gasteiger partial charge on any atom is -0.388 e. The molecule has 0 unspecified atom stereocenters. The number of hydrogen-bond acceptors (Lipinski definition) is 11. The summed E-state index contributed by atoms with van der Waals surface area (Å²) >= 11 is 0. The first-order chi connectivity index (χ1) is 23.6. The van der Waals surface area contributed by atoms with E-state index in [1.807, 2.05) is 23.6 Å². The highest BCUT2D eigenvalue weighted by molar-refractivity contribution is 5.84. The van der Waals surface area contributed by atoms with E-state index < -0.39 is 24.3 Å². The van der Waals surface area contributed by atoms with Crippen molar-refractivity contribution in [3.8, 4) is 0 Å². The molecule has 1 aliphatic carbocycles. The van der Waals surface area contributed by atoms with Crippen LogP contribution in [0.15, 0.2) is 67.0 Å². The standard InChI is InChI=1S/C35H43N11O2/c1-2-29-40-42-46(41-29)28-19-27(31(47)32(28)48)45-22-37-30-33(36-20-26(23-11-5-3-6-12-23)24-13-7-4-8-14-24)38-35(39-34(30)45)44-18-15-25(21-44)43-16-9-10-17-43/h3-8,11-14,22,25-28,31-32,47-48H,2,9-10,15-21H2,1H3,(H,36,38,39)/t25-,27-,28+,31+,32-/m1/s1. The zero-order valence-electron chi connectivity index (χ0n) is 27.3. The molecule has 13 nitrogen and oxygen atoms in total. The fourth-order valence-corrected chi connectivity index (χ4v) is 7.77. The Morgan fingerprint density at radius 2 is 1.60 bits per heavy atom. The summed E-state index contributed by atoms with van der Waals surface area (Å²) in [6.07, 6.45) is 4.22. The quantitative estimate of drug-likeness (QED) is 0.205. The highest BCUT2D eigenvalue weighted by atomic mass is 16.3. The molecule has 13 heteroatoms. The van der Waals surface area contributed by atoms with E-state index in [1.54, 1.807) is 6.33 Å². The van der Waals surface area contributed by atoms with Gasteiger partial charge in [-0.25, -0.2) is 4.98 Å². The molecule has 2 aliphatic heterocycles. The number of imidazole rings is 1. The normalized spacial score (nSPS) is 24.8. The lowest BCUT2D eigenvalue weighted by molar-refractivity contribution is 0.00473. The van der Waals surface area contributed by atoms with Crippen LogP contribution in [0.25, 0.3) is 11.2 Å². The molecular weight excluding hydrogens is 606 g/mol. The summed E-state index contributed by atoms with van der Waals surface area (Å²) in [6, 6.07) is 20.5. The maximum Gasteiger partial charge on any atom is 0.229 e. The minimum atomic E-state index is -1.07. The van der Waals surface area contributed by atoms with Crippen molar-refractivity contribution in [3.05, 3.63) is 83.9 Å². The van der Waals surface area contributed by atoms with Crippen LogP contribution in [0.4, 0.5) is 11.8 Å². The lowest BCUT2D eigenvalue weighted by Crippen LogP contribution is -2.35. The van der Waals surface area contributed by atoms with E-state index in [-0.39, 0.29) is 5.92 Å². The van der Waals surface area contributed by atoms with Crippen LogP contribution in [-0.2, 0) is 6.42 Å². The molecule has 48 heavy (non-hydrogen) atoms. The lowest BCUT2D eigenvalue weighted by Gasteiger charge is -2.24. The number of aliphatic hydroxyl groups is 2. The Balaban J connectivity index is 1.14. The molecule has 1 saturated carbocycles. The average molecular weight is 650 g/mol. The van der Waals surface area contributed by atoms with Crippen LogP contribution in [0.1, 0.15) is 67.6 Å². The molecule has 2 saturated heterocycles. The van der Waals surface area contributed by atoms with Gasteiger partial charge >= 0.3 is 0 Å². The summed E-state index contributed by atoms with van der Waals surface area (Å²) in [5.74, 6) is 2.00. The molecule has 2 aromatic carbocycles. The Morgan fingerprint density at radius 3 is 2.29 bits per heavy atom. The second-order valence-electron chi connectivity index (χ2n) is 13.3. The number of likely N-dealkylation sites (tertiary alicyclic amines) is 1. The number of nitrogens with one attached hydrogen (secondary N) is 1. The number of nitrogens with zero attached hydrogens (tertiary/aromatic N) is 10. The molecule has 0 amide bonds. The Bertz CT molecular complexity index is 1780. The summed E-state index contributed by atoms with van der Waals surface area (Å²) in [7, 11) is 0. The number of benzene rings is 2. The average Bonchev–Trinajstić information content (AvgIpc) is 3.97.